The number of morpholine rings is 1. The highest BCUT2D eigenvalue weighted by Gasteiger charge is 2.48. The van der Waals surface area contributed by atoms with Crippen molar-refractivity contribution in [1.29, 1.82) is 0 Å². The number of amides is 11. The Morgan fingerprint density at radius 1 is 0.520 bits per heavy atom. The lowest BCUT2D eigenvalue weighted by Crippen LogP contribution is -2.65. The lowest BCUT2D eigenvalue weighted by molar-refractivity contribution is -1.11. The van der Waals surface area contributed by atoms with E-state index < -0.39 is 170 Å². The molecule has 0 bridgehead atoms. The van der Waals surface area contributed by atoms with E-state index in [1.165, 1.54) is 104 Å². The van der Waals surface area contributed by atoms with E-state index in [0.717, 1.165) is 0 Å². The monoisotopic (exact) mass is 1440 g/mol. The standard InChI is InChI=1S/C71H132N12O16Si/c1-28-52-67(91)76(17)50(15)66(90)81(22)58(51(16)98-36-30-29-32-83(96-24)33-37-97-38-34-83)63(87)75-56(45(8)9)70(94)77(18)53(39-42(2)3)62(86)72-48(13)61(85)73-49(14)65(89)78(19)54(40-43(4)5)68(92)79(20)55(41-44(6)7)69(93)80(21)57(46(10)11)71(95)82(23)59(64(88)74-52)60(47(12)31-35-84)99-100(25,26)27/h42-60,84H,28-41H2,1-27H3,(H3-,72,73,74,75,85,86,87,88)/p+1/t47?,48-,49+,50+,51+,52-,53-,54-,55-,56-,57-,58?,59-,60+/m0/s1. The number of hydrogen-bond donors (Lipinski definition) is 5. The summed E-state index contributed by atoms with van der Waals surface area (Å²) in [6, 6.07) is -14.1. The van der Waals surface area contributed by atoms with Gasteiger partial charge in [-0.2, -0.15) is 4.65 Å². The Labute approximate surface area is 599 Å². The number of carbonyl (C=O) groups is 11. The van der Waals surface area contributed by atoms with E-state index >= 15 is 33.6 Å². The van der Waals surface area contributed by atoms with E-state index in [-0.39, 0.29) is 63.1 Å². The Morgan fingerprint density at radius 3 is 1.47 bits per heavy atom. The second-order valence-corrected chi connectivity index (χ2v) is 35.4. The number of unbranched alkanes of at least 4 members (excludes halogenated alkanes) is 1. The maximum Gasteiger partial charge on any atom is 0.246 e. The third-order valence-electron chi connectivity index (χ3n) is 19.5. The van der Waals surface area contributed by atoms with Crippen molar-refractivity contribution in [3.63, 3.8) is 0 Å². The summed E-state index contributed by atoms with van der Waals surface area (Å²) < 4.78 is 19.2. The Morgan fingerprint density at radius 2 is 0.990 bits per heavy atom. The van der Waals surface area contributed by atoms with Crippen LogP contribution in [0.3, 0.4) is 0 Å². The maximum absolute atomic E-state index is 15.6. The van der Waals surface area contributed by atoms with E-state index in [9.17, 15) is 24.3 Å². The van der Waals surface area contributed by atoms with Gasteiger partial charge in [0.15, 0.2) is 8.32 Å². The van der Waals surface area contributed by atoms with E-state index in [2.05, 4.69) is 21.3 Å². The molecule has 0 aromatic rings. The van der Waals surface area contributed by atoms with Gasteiger partial charge in [-0.05, 0) is 121 Å². The second-order valence-electron chi connectivity index (χ2n) is 31.0. The van der Waals surface area contributed by atoms with Gasteiger partial charge in [0.2, 0.25) is 65.0 Å². The molecule has 0 radical (unpaired) electrons. The van der Waals surface area contributed by atoms with Crippen LogP contribution in [-0.2, 0) is 71.5 Å². The average Bonchev–Trinajstić information content (AvgIpc) is 0.797. The molecule has 0 aromatic heterocycles. The molecule has 2 aliphatic rings. The van der Waals surface area contributed by atoms with Crippen LogP contribution >= 0.6 is 0 Å². The summed E-state index contributed by atoms with van der Waals surface area (Å²) >= 11 is 0. The number of nitrogens with zero attached hydrogens (tertiary/aromatic N) is 8. The summed E-state index contributed by atoms with van der Waals surface area (Å²) in [4.78, 5) is 180. The number of ether oxygens (including phenoxy) is 2. The molecule has 100 heavy (non-hydrogen) atoms. The minimum Gasteiger partial charge on any atom is -0.412 e. The van der Waals surface area contributed by atoms with Crippen molar-refractivity contribution in [3.8, 4) is 0 Å². The zero-order chi connectivity index (χ0) is 76.9. The van der Waals surface area contributed by atoms with Gasteiger partial charge in [-0.3, -0.25) is 52.7 Å². The van der Waals surface area contributed by atoms with Gasteiger partial charge in [-0.25, -0.2) is 4.84 Å². The fourth-order valence-corrected chi connectivity index (χ4v) is 14.4. The van der Waals surface area contributed by atoms with Gasteiger partial charge in [-0.1, -0.05) is 83.1 Å². The molecule has 0 saturated carbocycles. The van der Waals surface area contributed by atoms with Gasteiger partial charge in [0.05, 0.1) is 32.5 Å². The quantitative estimate of drug-likeness (QED) is 0.0556. The average molecular weight is 1440 g/mol. The van der Waals surface area contributed by atoms with Crippen LogP contribution in [-0.4, -0.2) is 299 Å². The molecule has 28 nitrogen and oxygen atoms in total. The largest absolute Gasteiger partial charge is 0.412 e. The molecule has 0 aliphatic carbocycles. The molecule has 0 aromatic carbocycles. The molecule has 576 valence electrons. The fraction of sp³-hybridized carbons (Fsp3) is 0.845. The number of nitrogens with one attached hydrogen (secondary N) is 4. The van der Waals surface area contributed by atoms with Crippen LogP contribution in [0, 0.1) is 35.5 Å². The SMILES string of the molecule is CC[C@@H]1NC(=O)[C@H]([C@H](O[Si](C)(C)C)C(C)CCO)N(C)C(=O)[C@H](C(C)C)N(C)C(=O)[C@H](CC(C)C)N(C)C(=O)[C@H](CC(C)C)N(C)C(=O)[C@@H](C)NC(=O)[C@H](C)NC(=O)[C@H](CC(C)C)N(C)C(=O)[C@H](C(C)C)NC(=O)C([C@@H](C)OCCCC[N+]2(OC)CCOCC2)N(C)C(=O)[C@@H](C)N(C)C1=O. The molecule has 2 aliphatic heterocycles. The molecule has 2 heterocycles. The number of hydrogen-bond acceptors (Lipinski definition) is 16. The molecule has 2 unspecified atom stereocenters. The molecule has 2 fully saturated rings. The first-order valence-corrected chi connectivity index (χ1v) is 39.7. The van der Waals surface area contributed by atoms with Crippen LogP contribution in [0.4, 0.5) is 0 Å². The third kappa shape index (κ3) is 25.2. The smallest absolute Gasteiger partial charge is 0.246 e. The van der Waals surface area contributed by atoms with Crippen molar-refractivity contribution in [3.05, 3.63) is 0 Å². The van der Waals surface area contributed by atoms with Crippen molar-refractivity contribution in [2.24, 2.45) is 35.5 Å². The number of hydroxylamine groups is 3. The van der Waals surface area contributed by atoms with Gasteiger partial charge in [-0.15, -0.1) is 0 Å². The highest BCUT2D eigenvalue weighted by atomic mass is 28.4. The summed E-state index contributed by atoms with van der Waals surface area (Å²) in [6.07, 6.45) is -0.303. The summed E-state index contributed by atoms with van der Waals surface area (Å²) in [7, 11) is 9.06. The number of rotatable bonds is 23. The summed E-state index contributed by atoms with van der Waals surface area (Å²) in [5.74, 6) is -9.86. The number of likely N-dealkylation sites (N-methyl/N-ethyl adjacent to an activating group) is 7. The molecule has 5 N–H and O–H groups in total. The predicted octanol–water partition coefficient (Wildman–Crippen LogP) is 3.48. The van der Waals surface area contributed by atoms with E-state index in [1.54, 1.807) is 55.6 Å². The van der Waals surface area contributed by atoms with Crippen LogP contribution in [0.5, 0.6) is 0 Å². The van der Waals surface area contributed by atoms with Crippen LogP contribution in [0.25, 0.3) is 0 Å². The van der Waals surface area contributed by atoms with Crippen molar-refractivity contribution >= 4 is 73.3 Å². The molecule has 14 atom stereocenters. The normalized spacial score (nSPS) is 27.2. The van der Waals surface area contributed by atoms with Crippen LogP contribution in [0.1, 0.15) is 156 Å². The number of aliphatic hydroxyl groups is 1. The van der Waals surface area contributed by atoms with E-state index in [1.807, 2.05) is 61.2 Å². The molecular formula is C71H133N12O16Si+. The number of quaternary nitrogens is 1. The topological polar surface area (TPSA) is 316 Å². The predicted molar refractivity (Wildman–Crippen MR) is 385 cm³/mol. The minimum atomic E-state index is -2.65. The summed E-state index contributed by atoms with van der Waals surface area (Å²) in [5, 5.41) is 21.6. The molecule has 2 saturated heterocycles. The van der Waals surface area contributed by atoms with Crippen LogP contribution in [0.2, 0.25) is 19.6 Å². The minimum absolute atomic E-state index is 0.00102. The zero-order valence-electron chi connectivity index (χ0n) is 66.0. The van der Waals surface area contributed by atoms with Crippen molar-refractivity contribution in [1.82, 2.24) is 55.6 Å². The van der Waals surface area contributed by atoms with Gasteiger partial charge in [0, 0.05) is 69.0 Å². The highest BCUT2D eigenvalue weighted by molar-refractivity contribution is 6.69. The Bertz CT molecular complexity index is 2710. The molecule has 2 rings (SSSR count). The third-order valence-corrected chi connectivity index (χ3v) is 20.5. The van der Waals surface area contributed by atoms with E-state index in [0.29, 0.717) is 50.3 Å². The Balaban J connectivity index is 3.09. The molecular weight excluding hydrogens is 1300 g/mol. The van der Waals surface area contributed by atoms with Gasteiger partial charge < -0.3 is 74.6 Å². The van der Waals surface area contributed by atoms with Crippen LogP contribution < -0.4 is 21.3 Å². The second kappa shape index (κ2) is 40.8. The first kappa shape index (κ1) is 90.2. The van der Waals surface area contributed by atoms with Gasteiger partial charge >= 0.3 is 0 Å². The number of aliphatic hydroxyl groups excluding tert-OH is 1. The Hall–Kier alpha value is -5.85. The lowest BCUT2D eigenvalue weighted by atomic mass is 9.91. The summed E-state index contributed by atoms with van der Waals surface area (Å²) in [5.41, 5.74) is 0. The van der Waals surface area contributed by atoms with Crippen LogP contribution in [0.15, 0.2) is 0 Å². The molecule has 11 amide bonds. The first-order valence-electron chi connectivity index (χ1n) is 36.3. The van der Waals surface area contributed by atoms with E-state index in [4.69, 9.17) is 18.7 Å². The maximum atomic E-state index is 15.6. The molecule has 0 spiro atoms. The Kier molecular flexibility index (Phi) is 36.9. The fourth-order valence-electron chi connectivity index (χ4n) is 13.2. The summed E-state index contributed by atoms with van der Waals surface area (Å²) in [6.45, 7) is 36.4. The van der Waals surface area contributed by atoms with Gasteiger partial charge in [0.1, 0.15) is 86.1 Å². The highest BCUT2D eigenvalue weighted by Crippen LogP contribution is 2.29. The van der Waals surface area contributed by atoms with Crippen molar-refractivity contribution in [2.45, 2.75) is 254 Å². The number of carbonyl (C=O) groups excluding carboxylic acids is 11. The van der Waals surface area contributed by atoms with Crippen molar-refractivity contribution in [2.75, 3.05) is 103 Å². The van der Waals surface area contributed by atoms with Crippen molar-refractivity contribution < 1.29 is 81.2 Å². The molecule has 29 heteroatoms. The van der Waals surface area contributed by atoms with Gasteiger partial charge in [0.25, 0.3) is 0 Å². The first-order chi connectivity index (χ1) is 46.3. The zero-order valence-corrected chi connectivity index (χ0v) is 67.0. The lowest BCUT2D eigenvalue weighted by Gasteiger charge is -2.43.